The van der Waals surface area contributed by atoms with Crippen LogP contribution >= 0.6 is 15.9 Å². The predicted octanol–water partition coefficient (Wildman–Crippen LogP) is 6.19. The van der Waals surface area contributed by atoms with Crippen molar-refractivity contribution in [3.63, 3.8) is 0 Å². The van der Waals surface area contributed by atoms with Crippen LogP contribution in [0.1, 0.15) is 35.7 Å². The molecule has 192 valence electrons. The number of hydrogen-bond donors (Lipinski definition) is 2. The molecule has 0 unspecified atom stereocenters. The van der Waals surface area contributed by atoms with Crippen molar-refractivity contribution in [2.45, 2.75) is 25.9 Å². The van der Waals surface area contributed by atoms with Gasteiger partial charge in [0.15, 0.2) is 0 Å². The smallest absolute Gasteiger partial charge is 0.416 e. The lowest BCUT2D eigenvalue weighted by atomic mass is 10.1. The van der Waals surface area contributed by atoms with E-state index >= 15 is 0 Å². The molecule has 37 heavy (non-hydrogen) atoms. The van der Waals surface area contributed by atoms with Crippen molar-refractivity contribution in [2.75, 3.05) is 5.32 Å². The molecule has 11 heteroatoms. The molecule has 0 aromatic heterocycles. The van der Waals surface area contributed by atoms with Crippen molar-refractivity contribution in [1.82, 2.24) is 10.3 Å². The second-order valence-electron chi connectivity index (χ2n) is 8.46. The van der Waals surface area contributed by atoms with Crippen molar-refractivity contribution in [3.8, 4) is 5.75 Å². The van der Waals surface area contributed by atoms with E-state index in [0.29, 0.717) is 27.3 Å². The maximum absolute atomic E-state index is 13.0. The summed E-state index contributed by atoms with van der Waals surface area (Å²) in [6, 6.07) is 8.92. The number of alkyl halides is 3. The number of benzene rings is 2. The molecular formula is C26H22BrF3N4O3. The highest BCUT2D eigenvalue weighted by Gasteiger charge is 2.31. The highest BCUT2D eigenvalue weighted by atomic mass is 79.9. The van der Waals surface area contributed by atoms with E-state index in [-0.39, 0.29) is 23.3 Å². The highest BCUT2D eigenvalue weighted by molar-refractivity contribution is 9.10. The van der Waals surface area contributed by atoms with Gasteiger partial charge < -0.3 is 15.4 Å². The SMILES string of the molecule is C=C1C=CC(Oc2ccc(Br)c(NC(=O)c3cccc(C(F)(F)F)c3)c2)=NN1/C=C(\C)NC(=O)C1CC1. The van der Waals surface area contributed by atoms with Gasteiger partial charge in [-0.2, -0.15) is 13.2 Å². The fraction of sp³-hybridized carbons (Fsp3) is 0.192. The van der Waals surface area contributed by atoms with Crippen LogP contribution in [0, 0.1) is 5.92 Å². The quantitative estimate of drug-likeness (QED) is 0.431. The van der Waals surface area contributed by atoms with Crippen molar-refractivity contribution >= 4 is 39.3 Å². The Bertz CT molecular complexity index is 1350. The van der Waals surface area contributed by atoms with Crippen molar-refractivity contribution in [3.05, 3.63) is 94.4 Å². The van der Waals surface area contributed by atoms with Gasteiger partial charge in [0.25, 0.3) is 5.91 Å². The first-order chi connectivity index (χ1) is 17.5. The number of carbonyl (C=O) groups is 2. The highest BCUT2D eigenvalue weighted by Crippen LogP contribution is 2.31. The van der Waals surface area contributed by atoms with Gasteiger partial charge in [0.2, 0.25) is 11.8 Å². The molecule has 4 rings (SSSR count). The lowest BCUT2D eigenvalue weighted by Gasteiger charge is -2.21. The molecule has 2 N–H and O–H groups in total. The van der Waals surface area contributed by atoms with Gasteiger partial charge in [0.1, 0.15) is 5.75 Å². The molecule has 0 bridgehead atoms. The Morgan fingerprint density at radius 3 is 2.65 bits per heavy atom. The van der Waals surface area contributed by atoms with Crippen LogP contribution in [-0.2, 0) is 11.0 Å². The summed E-state index contributed by atoms with van der Waals surface area (Å²) in [4.78, 5) is 24.6. The summed E-state index contributed by atoms with van der Waals surface area (Å²) in [5.74, 6) is -0.142. The molecule has 0 spiro atoms. The normalized spacial score (nSPS) is 15.8. The molecule has 2 aromatic rings. The molecule has 1 saturated carbocycles. The second kappa shape index (κ2) is 10.6. The summed E-state index contributed by atoms with van der Waals surface area (Å²) < 4.78 is 45.4. The van der Waals surface area contributed by atoms with Crippen LogP contribution < -0.4 is 15.4 Å². The number of carbonyl (C=O) groups excluding carboxylic acids is 2. The topological polar surface area (TPSA) is 83.0 Å². The molecule has 2 aromatic carbocycles. The van der Waals surface area contributed by atoms with Crippen molar-refractivity contribution < 1.29 is 27.5 Å². The molecular weight excluding hydrogens is 553 g/mol. The number of nitrogens with zero attached hydrogens (tertiary/aromatic N) is 2. The molecule has 1 aliphatic carbocycles. The van der Waals surface area contributed by atoms with Crippen LogP contribution in [0.4, 0.5) is 18.9 Å². The molecule has 1 aliphatic heterocycles. The number of hydrazone groups is 1. The van der Waals surface area contributed by atoms with E-state index in [0.717, 1.165) is 25.0 Å². The average Bonchev–Trinajstić information content (AvgIpc) is 3.68. The minimum atomic E-state index is -4.56. The Morgan fingerprint density at radius 2 is 1.95 bits per heavy atom. The van der Waals surface area contributed by atoms with E-state index in [2.05, 4.69) is 38.2 Å². The Labute approximate surface area is 219 Å². The zero-order valence-electron chi connectivity index (χ0n) is 19.6. The first-order valence-corrected chi connectivity index (χ1v) is 12.0. The first kappa shape index (κ1) is 26.2. The molecule has 1 heterocycles. The number of amides is 2. The minimum absolute atomic E-state index is 0.0260. The number of ether oxygens (including phenoxy) is 1. The number of halogens is 4. The zero-order valence-corrected chi connectivity index (χ0v) is 21.2. The Morgan fingerprint density at radius 1 is 1.19 bits per heavy atom. The van der Waals surface area contributed by atoms with E-state index < -0.39 is 17.6 Å². The largest absolute Gasteiger partial charge is 0.438 e. The Hall–Kier alpha value is -3.86. The monoisotopic (exact) mass is 574 g/mol. The summed E-state index contributed by atoms with van der Waals surface area (Å²) in [6.45, 7) is 5.67. The summed E-state index contributed by atoms with van der Waals surface area (Å²) in [6.07, 6.45) is 2.14. The molecule has 2 aliphatic rings. The number of allylic oxidation sites excluding steroid dienone is 2. The molecule has 0 radical (unpaired) electrons. The van der Waals surface area contributed by atoms with Gasteiger partial charge in [0, 0.05) is 40.0 Å². The summed E-state index contributed by atoms with van der Waals surface area (Å²) in [5, 5.41) is 11.3. The number of nitrogens with one attached hydrogen (secondary N) is 2. The van der Waals surface area contributed by atoms with Crippen LogP contribution in [-0.4, -0.2) is 22.7 Å². The van der Waals surface area contributed by atoms with E-state index in [1.165, 1.54) is 23.2 Å². The molecule has 0 saturated heterocycles. The average molecular weight is 575 g/mol. The number of rotatable bonds is 6. The fourth-order valence-electron chi connectivity index (χ4n) is 3.29. The fourth-order valence-corrected chi connectivity index (χ4v) is 3.63. The first-order valence-electron chi connectivity index (χ1n) is 11.2. The van der Waals surface area contributed by atoms with Crippen LogP contribution in [0.5, 0.6) is 5.75 Å². The van der Waals surface area contributed by atoms with E-state index in [9.17, 15) is 22.8 Å². The van der Waals surface area contributed by atoms with Gasteiger partial charge in [-0.1, -0.05) is 12.6 Å². The van der Waals surface area contributed by atoms with Crippen LogP contribution in [0.15, 0.2) is 88.4 Å². The Balaban J connectivity index is 1.47. The van der Waals surface area contributed by atoms with E-state index in [4.69, 9.17) is 4.74 Å². The van der Waals surface area contributed by atoms with Crippen molar-refractivity contribution in [1.29, 1.82) is 0 Å². The number of anilines is 1. The Kier molecular flexibility index (Phi) is 7.53. The molecule has 1 fully saturated rings. The third kappa shape index (κ3) is 6.88. The van der Waals surface area contributed by atoms with Gasteiger partial charge >= 0.3 is 6.18 Å². The minimum Gasteiger partial charge on any atom is -0.438 e. The number of hydrogen-bond acceptors (Lipinski definition) is 5. The summed E-state index contributed by atoms with van der Waals surface area (Å²) >= 11 is 3.32. The van der Waals surface area contributed by atoms with Gasteiger partial charge in [-0.25, -0.2) is 5.01 Å². The van der Waals surface area contributed by atoms with E-state index in [1.54, 1.807) is 37.4 Å². The lowest BCUT2D eigenvalue weighted by Crippen LogP contribution is -2.25. The maximum atomic E-state index is 13.0. The summed E-state index contributed by atoms with van der Waals surface area (Å²) in [5.41, 5.74) is 0.385. The van der Waals surface area contributed by atoms with Crippen LogP contribution in [0.3, 0.4) is 0 Å². The molecule has 7 nitrogen and oxygen atoms in total. The standard InChI is InChI=1S/C26H22BrF3N4O3/c1-15(31-24(35)17-7-8-17)14-34-16(2)6-11-23(33-34)37-20-9-10-21(27)22(13-20)32-25(36)18-4-3-5-19(12-18)26(28,29)30/h3-6,9-14,17H,2,7-8H2,1H3,(H,31,35)(H,32,36)/b15-14+. The lowest BCUT2D eigenvalue weighted by molar-refractivity contribution is -0.137. The zero-order chi connectivity index (χ0) is 26.7. The maximum Gasteiger partial charge on any atom is 0.416 e. The summed E-state index contributed by atoms with van der Waals surface area (Å²) in [7, 11) is 0. The predicted molar refractivity (Wildman–Crippen MR) is 136 cm³/mol. The third-order valence-corrected chi connectivity index (χ3v) is 6.06. The van der Waals surface area contributed by atoms with Crippen LogP contribution in [0.2, 0.25) is 0 Å². The van der Waals surface area contributed by atoms with Gasteiger partial charge in [0.05, 0.1) is 16.9 Å². The van der Waals surface area contributed by atoms with Gasteiger partial charge in [-0.15, -0.1) is 5.10 Å². The second-order valence-corrected chi connectivity index (χ2v) is 9.31. The third-order valence-electron chi connectivity index (χ3n) is 5.36. The van der Waals surface area contributed by atoms with Gasteiger partial charge in [-0.05, 0) is 72.1 Å². The van der Waals surface area contributed by atoms with E-state index in [1.807, 2.05) is 0 Å². The molecule has 2 amide bonds. The van der Waals surface area contributed by atoms with Crippen LogP contribution in [0.25, 0.3) is 0 Å². The molecule has 0 atom stereocenters. The van der Waals surface area contributed by atoms with Crippen molar-refractivity contribution in [2.24, 2.45) is 11.0 Å². The van der Waals surface area contributed by atoms with Gasteiger partial charge in [-0.3, -0.25) is 9.59 Å².